The van der Waals surface area contributed by atoms with E-state index in [-0.39, 0.29) is 35.7 Å². The highest BCUT2D eigenvalue weighted by molar-refractivity contribution is 6.30. The predicted molar refractivity (Wildman–Crippen MR) is 99.1 cm³/mol. The lowest BCUT2D eigenvalue weighted by Crippen LogP contribution is -2.37. The lowest BCUT2D eigenvalue weighted by molar-refractivity contribution is -0.135. The topological polar surface area (TPSA) is 58.6 Å². The molecule has 0 heterocycles. The minimum atomic E-state index is -0.564. The lowest BCUT2D eigenvalue weighted by Gasteiger charge is -2.18. The molecule has 5 nitrogen and oxygen atoms in total. The number of hydrogen-bond donors (Lipinski definition) is 1. The fraction of sp³-hybridized carbons (Fsp3) is 0.263. The Labute approximate surface area is 156 Å². The van der Waals surface area contributed by atoms with Crippen LogP contribution in [0.3, 0.4) is 0 Å². The number of ether oxygens (including phenoxy) is 1. The van der Waals surface area contributed by atoms with Crippen LogP contribution in [0, 0.1) is 19.7 Å². The second-order valence-electron chi connectivity index (χ2n) is 5.98. The SMILES string of the molecule is Cc1ccc(C)c(NC(=O)CN(C)C(=O)COc2ccc(F)c(Cl)c2)c1. The van der Waals surface area contributed by atoms with E-state index >= 15 is 0 Å². The van der Waals surface area contributed by atoms with Gasteiger partial charge in [-0.2, -0.15) is 0 Å². The van der Waals surface area contributed by atoms with Crippen LogP contribution >= 0.6 is 11.6 Å². The van der Waals surface area contributed by atoms with Crippen molar-refractivity contribution >= 4 is 29.1 Å². The molecule has 0 aromatic heterocycles. The minimum absolute atomic E-state index is 0.0868. The first kappa shape index (κ1) is 19.7. The normalized spacial score (nSPS) is 10.3. The lowest BCUT2D eigenvalue weighted by atomic mass is 10.1. The smallest absolute Gasteiger partial charge is 0.260 e. The second-order valence-corrected chi connectivity index (χ2v) is 6.39. The van der Waals surface area contributed by atoms with Gasteiger partial charge >= 0.3 is 0 Å². The van der Waals surface area contributed by atoms with Crippen LogP contribution in [0.5, 0.6) is 5.75 Å². The number of hydrogen-bond acceptors (Lipinski definition) is 3. The highest BCUT2D eigenvalue weighted by atomic mass is 35.5. The molecule has 26 heavy (non-hydrogen) atoms. The summed E-state index contributed by atoms with van der Waals surface area (Å²) in [5.74, 6) is -0.982. The monoisotopic (exact) mass is 378 g/mol. The largest absolute Gasteiger partial charge is 0.484 e. The van der Waals surface area contributed by atoms with Crippen LogP contribution in [0.1, 0.15) is 11.1 Å². The Balaban J connectivity index is 1.86. The molecule has 0 saturated carbocycles. The number of nitrogens with one attached hydrogen (secondary N) is 1. The van der Waals surface area contributed by atoms with E-state index in [9.17, 15) is 14.0 Å². The van der Waals surface area contributed by atoms with E-state index in [2.05, 4.69) is 5.32 Å². The van der Waals surface area contributed by atoms with E-state index < -0.39 is 5.82 Å². The third kappa shape index (κ3) is 5.46. The quantitative estimate of drug-likeness (QED) is 0.836. The number of aryl methyl sites for hydroxylation is 2. The van der Waals surface area contributed by atoms with Gasteiger partial charge in [0, 0.05) is 18.8 Å². The Bertz CT molecular complexity index is 826. The Morgan fingerprint density at radius 3 is 2.62 bits per heavy atom. The number of nitrogens with zero attached hydrogens (tertiary/aromatic N) is 1. The van der Waals surface area contributed by atoms with Gasteiger partial charge < -0.3 is 15.0 Å². The summed E-state index contributed by atoms with van der Waals surface area (Å²) >= 11 is 5.66. The highest BCUT2D eigenvalue weighted by Gasteiger charge is 2.15. The van der Waals surface area contributed by atoms with Gasteiger partial charge in [-0.05, 0) is 43.2 Å². The van der Waals surface area contributed by atoms with Crippen LogP contribution < -0.4 is 10.1 Å². The maximum Gasteiger partial charge on any atom is 0.260 e. The van der Waals surface area contributed by atoms with Gasteiger partial charge in [0.05, 0.1) is 11.6 Å². The molecule has 2 amide bonds. The third-order valence-electron chi connectivity index (χ3n) is 3.73. The molecule has 2 aromatic carbocycles. The summed E-state index contributed by atoms with van der Waals surface area (Å²) in [5.41, 5.74) is 2.68. The molecule has 0 radical (unpaired) electrons. The molecule has 0 aliphatic carbocycles. The van der Waals surface area contributed by atoms with Crippen molar-refractivity contribution in [1.29, 1.82) is 0 Å². The average Bonchev–Trinajstić information content (AvgIpc) is 2.58. The zero-order valence-electron chi connectivity index (χ0n) is 14.8. The van der Waals surface area contributed by atoms with Gasteiger partial charge in [-0.15, -0.1) is 0 Å². The van der Waals surface area contributed by atoms with E-state index in [0.717, 1.165) is 17.2 Å². The van der Waals surface area contributed by atoms with E-state index in [1.54, 1.807) is 0 Å². The number of halogens is 2. The van der Waals surface area contributed by atoms with Crippen LogP contribution in [0.2, 0.25) is 5.02 Å². The van der Waals surface area contributed by atoms with Crippen molar-refractivity contribution in [1.82, 2.24) is 4.90 Å². The van der Waals surface area contributed by atoms with Crippen LogP contribution in [-0.2, 0) is 9.59 Å². The van der Waals surface area contributed by atoms with Gasteiger partial charge in [-0.25, -0.2) is 4.39 Å². The predicted octanol–water partition coefficient (Wildman–Crippen LogP) is 3.57. The minimum Gasteiger partial charge on any atom is -0.484 e. The molecule has 2 rings (SSSR count). The summed E-state index contributed by atoms with van der Waals surface area (Å²) in [6, 6.07) is 9.57. The van der Waals surface area contributed by atoms with Gasteiger partial charge in [0.1, 0.15) is 11.6 Å². The molecule has 0 aliphatic heterocycles. The molecule has 0 aliphatic rings. The number of carbonyl (C=O) groups is 2. The average molecular weight is 379 g/mol. The molecule has 2 aromatic rings. The summed E-state index contributed by atoms with van der Waals surface area (Å²) in [7, 11) is 1.51. The van der Waals surface area contributed by atoms with Gasteiger partial charge in [-0.3, -0.25) is 9.59 Å². The Morgan fingerprint density at radius 2 is 1.92 bits per heavy atom. The maximum absolute atomic E-state index is 13.1. The number of likely N-dealkylation sites (N-methyl/N-ethyl adjacent to an activating group) is 1. The number of benzene rings is 2. The molecule has 0 bridgehead atoms. The second kappa shape index (κ2) is 8.67. The zero-order chi connectivity index (χ0) is 19.3. The Hall–Kier alpha value is -2.60. The molecule has 0 fully saturated rings. The fourth-order valence-corrected chi connectivity index (χ4v) is 2.36. The molecule has 0 spiro atoms. The first-order valence-corrected chi connectivity index (χ1v) is 8.33. The first-order valence-electron chi connectivity index (χ1n) is 7.95. The van der Waals surface area contributed by atoms with Crippen LogP contribution in [0.15, 0.2) is 36.4 Å². The molecular formula is C19H20ClFN2O3. The van der Waals surface area contributed by atoms with E-state index in [0.29, 0.717) is 5.69 Å². The standard InChI is InChI=1S/C19H20ClFN2O3/c1-12-4-5-13(2)17(8-12)22-18(24)10-23(3)19(25)11-26-14-6-7-16(21)15(20)9-14/h4-9H,10-11H2,1-3H3,(H,22,24). The van der Waals surface area contributed by atoms with Crippen molar-refractivity contribution in [3.63, 3.8) is 0 Å². The number of carbonyl (C=O) groups excluding carboxylic acids is 2. The third-order valence-corrected chi connectivity index (χ3v) is 4.02. The number of anilines is 1. The van der Waals surface area contributed by atoms with Gasteiger partial charge in [0.2, 0.25) is 5.91 Å². The van der Waals surface area contributed by atoms with Crippen molar-refractivity contribution < 1.29 is 18.7 Å². The molecule has 0 saturated heterocycles. The van der Waals surface area contributed by atoms with Crippen molar-refractivity contribution in [3.05, 3.63) is 58.4 Å². The van der Waals surface area contributed by atoms with E-state index in [1.807, 2.05) is 32.0 Å². The zero-order valence-corrected chi connectivity index (χ0v) is 15.6. The Morgan fingerprint density at radius 1 is 1.19 bits per heavy atom. The maximum atomic E-state index is 13.1. The number of rotatable bonds is 6. The molecule has 7 heteroatoms. The van der Waals surface area contributed by atoms with Gasteiger partial charge in [0.25, 0.3) is 5.91 Å². The first-order chi connectivity index (χ1) is 12.3. The van der Waals surface area contributed by atoms with E-state index in [1.165, 1.54) is 24.1 Å². The van der Waals surface area contributed by atoms with Crippen molar-refractivity contribution in [2.75, 3.05) is 25.5 Å². The highest BCUT2D eigenvalue weighted by Crippen LogP contribution is 2.21. The summed E-state index contributed by atoms with van der Waals surface area (Å²) in [4.78, 5) is 25.5. The Kier molecular flexibility index (Phi) is 6.58. The molecular weight excluding hydrogens is 359 g/mol. The number of amides is 2. The molecule has 0 atom stereocenters. The van der Waals surface area contributed by atoms with Crippen molar-refractivity contribution in [3.8, 4) is 5.75 Å². The molecule has 0 unspecified atom stereocenters. The van der Waals surface area contributed by atoms with Crippen molar-refractivity contribution in [2.45, 2.75) is 13.8 Å². The van der Waals surface area contributed by atoms with E-state index in [4.69, 9.17) is 16.3 Å². The van der Waals surface area contributed by atoms with Gasteiger partial charge in [-0.1, -0.05) is 23.7 Å². The fourth-order valence-electron chi connectivity index (χ4n) is 2.19. The molecule has 1 N–H and O–H groups in total. The van der Waals surface area contributed by atoms with Crippen LogP contribution in [-0.4, -0.2) is 36.9 Å². The molecule has 138 valence electrons. The van der Waals surface area contributed by atoms with Crippen molar-refractivity contribution in [2.24, 2.45) is 0 Å². The van der Waals surface area contributed by atoms with Gasteiger partial charge in [0.15, 0.2) is 6.61 Å². The summed E-state index contributed by atoms with van der Waals surface area (Å²) in [6.07, 6.45) is 0. The summed E-state index contributed by atoms with van der Waals surface area (Å²) in [6.45, 7) is 3.43. The van der Waals surface area contributed by atoms with Crippen LogP contribution in [0.25, 0.3) is 0 Å². The summed E-state index contributed by atoms with van der Waals surface area (Å²) < 4.78 is 18.4. The van der Waals surface area contributed by atoms with Crippen LogP contribution in [0.4, 0.5) is 10.1 Å². The summed E-state index contributed by atoms with van der Waals surface area (Å²) in [5, 5.41) is 2.70.